The van der Waals surface area contributed by atoms with Crippen molar-refractivity contribution in [2.24, 2.45) is 0 Å². The number of ketones is 1. The van der Waals surface area contributed by atoms with Crippen LogP contribution >= 0.6 is 0 Å². The molecule has 1 heterocycles. The summed E-state index contributed by atoms with van der Waals surface area (Å²) in [5, 5.41) is 11.2. The van der Waals surface area contributed by atoms with Crippen molar-refractivity contribution in [1.82, 2.24) is 5.32 Å². The minimum Gasteiger partial charge on any atom is -0.479 e. The molecule has 0 spiro atoms. The van der Waals surface area contributed by atoms with Gasteiger partial charge in [0.1, 0.15) is 0 Å². The van der Waals surface area contributed by atoms with Crippen molar-refractivity contribution < 1.29 is 19.5 Å². The summed E-state index contributed by atoms with van der Waals surface area (Å²) in [6, 6.07) is -1.36. The van der Waals surface area contributed by atoms with Gasteiger partial charge in [-0.2, -0.15) is 0 Å². The molecule has 96 valence electrons. The molecule has 5 heteroatoms. The van der Waals surface area contributed by atoms with Gasteiger partial charge >= 0.3 is 5.97 Å². The van der Waals surface area contributed by atoms with Crippen LogP contribution in [0.15, 0.2) is 0 Å². The Morgan fingerprint density at radius 2 is 1.53 bits per heavy atom. The summed E-state index contributed by atoms with van der Waals surface area (Å²) >= 11 is 0. The number of rotatable bonds is 1. The van der Waals surface area contributed by atoms with Crippen molar-refractivity contribution in [3.05, 3.63) is 0 Å². The lowest BCUT2D eigenvalue weighted by Crippen LogP contribution is -2.46. The number of hydrogen-bond acceptors (Lipinski definition) is 3. The highest BCUT2D eigenvalue weighted by molar-refractivity contribution is 6.05. The van der Waals surface area contributed by atoms with Crippen LogP contribution in [0.25, 0.3) is 0 Å². The topological polar surface area (TPSA) is 83.5 Å². The fraction of sp³-hybridized carbons (Fsp3) is 0.750. The first kappa shape index (κ1) is 13.7. The Balaban J connectivity index is 2.61. The minimum absolute atomic E-state index is 0.233. The van der Waals surface area contributed by atoms with Crippen LogP contribution in [0.4, 0.5) is 0 Å². The van der Waals surface area contributed by atoms with Gasteiger partial charge in [0, 0.05) is 12.8 Å². The van der Waals surface area contributed by atoms with E-state index in [1.165, 1.54) is 0 Å². The Labute approximate surface area is 101 Å². The maximum absolute atomic E-state index is 11.6. The van der Waals surface area contributed by atoms with Crippen LogP contribution in [0.2, 0.25) is 0 Å². The smallest absolute Gasteiger partial charge is 0.334 e. The normalized spacial score (nSPS) is 24.4. The van der Waals surface area contributed by atoms with Crippen LogP contribution in [-0.4, -0.2) is 28.8 Å². The summed E-state index contributed by atoms with van der Waals surface area (Å²) in [4.78, 5) is 33.9. The Hall–Kier alpha value is -1.39. The largest absolute Gasteiger partial charge is 0.479 e. The molecule has 1 atom stereocenters. The number of nitrogens with one attached hydrogen (secondary N) is 1. The number of aliphatic carboxylic acids is 1. The summed E-state index contributed by atoms with van der Waals surface area (Å²) < 4.78 is 0. The maximum Gasteiger partial charge on any atom is 0.334 e. The van der Waals surface area contributed by atoms with Gasteiger partial charge in [0.2, 0.25) is 5.91 Å². The zero-order chi connectivity index (χ0) is 12.7. The molecule has 0 saturated carbocycles. The van der Waals surface area contributed by atoms with Crippen molar-refractivity contribution >= 4 is 17.7 Å². The second kappa shape index (κ2) is 7.04. The third-order valence-electron chi connectivity index (χ3n) is 2.95. The molecule has 0 aromatic heterocycles. The van der Waals surface area contributed by atoms with Crippen LogP contribution in [0.5, 0.6) is 0 Å². The van der Waals surface area contributed by atoms with Gasteiger partial charge in [0.15, 0.2) is 11.8 Å². The van der Waals surface area contributed by atoms with Crippen molar-refractivity contribution in [2.75, 3.05) is 0 Å². The van der Waals surface area contributed by atoms with E-state index in [1.54, 1.807) is 0 Å². The third-order valence-corrected chi connectivity index (χ3v) is 2.95. The van der Waals surface area contributed by atoms with Gasteiger partial charge in [-0.05, 0) is 12.8 Å². The fourth-order valence-corrected chi connectivity index (χ4v) is 1.95. The van der Waals surface area contributed by atoms with Crippen LogP contribution in [0.1, 0.15) is 51.4 Å². The Morgan fingerprint density at radius 3 is 2.12 bits per heavy atom. The molecule has 1 saturated heterocycles. The standard InChI is InChI=1S/C12H19NO4/c14-9-7-5-3-1-2-4-6-8-10(15)13-11(9)12(16)17/h11H,1-8H2,(H,13,15)(H,16,17). The average molecular weight is 241 g/mol. The molecule has 1 aliphatic heterocycles. The lowest BCUT2D eigenvalue weighted by molar-refractivity contribution is -0.146. The van der Waals surface area contributed by atoms with Gasteiger partial charge in [-0.3, -0.25) is 9.59 Å². The van der Waals surface area contributed by atoms with E-state index < -0.39 is 17.8 Å². The van der Waals surface area contributed by atoms with E-state index >= 15 is 0 Å². The Kier molecular flexibility index (Phi) is 5.66. The van der Waals surface area contributed by atoms with Gasteiger partial charge in [-0.1, -0.05) is 25.7 Å². The highest BCUT2D eigenvalue weighted by atomic mass is 16.4. The summed E-state index contributed by atoms with van der Waals surface area (Å²) in [6.45, 7) is 0. The number of amides is 1. The molecule has 5 nitrogen and oxygen atoms in total. The predicted octanol–water partition coefficient (Wildman–Crippen LogP) is 1.26. The maximum atomic E-state index is 11.6. The quantitative estimate of drug-likeness (QED) is 0.677. The molecule has 0 aliphatic carbocycles. The van der Waals surface area contributed by atoms with Crippen molar-refractivity contribution in [2.45, 2.75) is 57.4 Å². The van der Waals surface area contributed by atoms with Crippen LogP contribution in [0.3, 0.4) is 0 Å². The van der Waals surface area contributed by atoms with Crippen LogP contribution in [-0.2, 0) is 14.4 Å². The number of Topliss-reactive ketones (excluding diaryl/α,β-unsaturated/α-hetero) is 1. The first-order chi connectivity index (χ1) is 8.11. The van der Waals surface area contributed by atoms with E-state index in [2.05, 4.69) is 5.32 Å². The summed E-state index contributed by atoms with van der Waals surface area (Å²) in [6.07, 6.45) is 6.06. The van der Waals surface area contributed by atoms with Gasteiger partial charge in [0.25, 0.3) is 0 Å². The second-order valence-electron chi connectivity index (χ2n) is 4.43. The molecule has 0 aromatic carbocycles. The third kappa shape index (κ3) is 4.97. The van der Waals surface area contributed by atoms with E-state index in [-0.39, 0.29) is 12.3 Å². The van der Waals surface area contributed by atoms with Crippen LogP contribution < -0.4 is 5.32 Å². The van der Waals surface area contributed by atoms with Gasteiger partial charge in [-0.25, -0.2) is 4.79 Å². The highest BCUT2D eigenvalue weighted by Gasteiger charge is 2.27. The number of carbonyl (C=O) groups excluding carboxylic acids is 2. The van der Waals surface area contributed by atoms with E-state index in [1.807, 2.05) is 0 Å². The predicted molar refractivity (Wildman–Crippen MR) is 61.5 cm³/mol. The molecular weight excluding hydrogens is 222 g/mol. The lowest BCUT2D eigenvalue weighted by Gasteiger charge is -2.14. The first-order valence-corrected chi connectivity index (χ1v) is 6.16. The first-order valence-electron chi connectivity index (χ1n) is 6.16. The molecule has 1 amide bonds. The SMILES string of the molecule is O=C1CCCCCCCCC(=O)C(C(=O)O)N1. The molecular formula is C12H19NO4. The second-order valence-corrected chi connectivity index (χ2v) is 4.43. The van der Waals surface area contributed by atoms with Crippen molar-refractivity contribution in [3.8, 4) is 0 Å². The fourth-order valence-electron chi connectivity index (χ4n) is 1.95. The minimum atomic E-state index is -1.36. The van der Waals surface area contributed by atoms with Crippen LogP contribution in [0, 0.1) is 0 Å². The summed E-state index contributed by atoms with van der Waals surface area (Å²) in [5.41, 5.74) is 0. The zero-order valence-electron chi connectivity index (χ0n) is 9.91. The number of carbonyl (C=O) groups is 3. The molecule has 0 aromatic rings. The molecule has 1 aliphatic rings. The van der Waals surface area contributed by atoms with Crippen molar-refractivity contribution in [3.63, 3.8) is 0 Å². The Morgan fingerprint density at radius 1 is 1.00 bits per heavy atom. The summed E-state index contributed by atoms with van der Waals surface area (Å²) in [5.74, 6) is -2.00. The average Bonchev–Trinajstić information content (AvgIpc) is 2.27. The molecule has 0 bridgehead atoms. The molecule has 1 fully saturated rings. The van der Waals surface area contributed by atoms with E-state index in [0.717, 1.165) is 32.1 Å². The summed E-state index contributed by atoms with van der Waals surface area (Å²) in [7, 11) is 0. The molecule has 0 radical (unpaired) electrons. The Bertz CT molecular complexity index is 301. The lowest BCUT2D eigenvalue weighted by atomic mass is 10.0. The van der Waals surface area contributed by atoms with Crippen molar-refractivity contribution in [1.29, 1.82) is 0 Å². The van der Waals surface area contributed by atoms with Gasteiger partial charge in [-0.15, -0.1) is 0 Å². The number of carboxylic acid groups (broad SMARTS) is 1. The molecule has 1 rings (SSSR count). The number of hydrogen-bond donors (Lipinski definition) is 2. The van der Waals surface area contributed by atoms with Gasteiger partial charge in [0.05, 0.1) is 0 Å². The molecule has 17 heavy (non-hydrogen) atoms. The highest BCUT2D eigenvalue weighted by Crippen LogP contribution is 2.11. The van der Waals surface area contributed by atoms with E-state index in [9.17, 15) is 14.4 Å². The monoisotopic (exact) mass is 241 g/mol. The number of carboxylic acids is 1. The molecule has 1 unspecified atom stereocenters. The van der Waals surface area contributed by atoms with E-state index in [0.29, 0.717) is 12.8 Å². The molecule has 2 N–H and O–H groups in total. The van der Waals surface area contributed by atoms with E-state index in [4.69, 9.17) is 5.11 Å². The zero-order valence-corrected chi connectivity index (χ0v) is 9.91. The van der Waals surface area contributed by atoms with Gasteiger partial charge < -0.3 is 10.4 Å².